The van der Waals surface area contributed by atoms with Crippen molar-refractivity contribution in [3.8, 4) is 11.1 Å². The lowest BCUT2D eigenvalue weighted by Crippen LogP contribution is -2.19. The van der Waals surface area contributed by atoms with Crippen LogP contribution in [0.2, 0.25) is 0 Å². The summed E-state index contributed by atoms with van der Waals surface area (Å²) in [5.74, 6) is 0.568. The first kappa shape index (κ1) is 21.0. The maximum absolute atomic E-state index is 13.1. The number of aromatic nitrogens is 3. The molecule has 33 heavy (non-hydrogen) atoms. The number of carbonyl (C=O) groups excluding carboxylic acids is 1. The van der Waals surface area contributed by atoms with Gasteiger partial charge in [-0.15, -0.1) is 0 Å². The monoisotopic (exact) mass is 439 g/mol. The predicted octanol–water partition coefficient (Wildman–Crippen LogP) is 4.66. The van der Waals surface area contributed by atoms with E-state index in [4.69, 9.17) is 0 Å². The van der Waals surface area contributed by atoms with Crippen LogP contribution in [0.5, 0.6) is 0 Å². The first-order valence-electron chi connectivity index (χ1n) is 11.1. The lowest BCUT2D eigenvalue weighted by atomic mass is 9.86. The summed E-state index contributed by atoms with van der Waals surface area (Å²) >= 11 is 0. The van der Waals surface area contributed by atoms with E-state index in [-0.39, 0.29) is 5.91 Å². The lowest BCUT2D eigenvalue weighted by molar-refractivity contribution is 0.102. The van der Waals surface area contributed by atoms with E-state index in [0.717, 1.165) is 63.9 Å². The summed E-state index contributed by atoms with van der Waals surface area (Å²) in [5.41, 5.74) is 6.49. The van der Waals surface area contributed by atoms with Gasteiger partial charge in [-0.25, -0.2) is 4.98 Å². The summed E-state index contributed by atoms with van der Waals surface area (Å²) in [4.78, 5) is 26.6. The second-order valence-corrected chi connectivity index (χ2v) is 8.33. The van der Waals surface area contributed by atoms with Crippen LogP contribution in [-0.4, -0.2) is 33.0 Å². The van der Waals surface area contributed by atoms with Crippen molar-refractivity contribution in [3.05, 3.63) is 77.4 Å². The minimum Gasteiger partial charge on any atom is -0.388 e. The number of nitrogens with one attached hydrogen (secondary N) is 2. The Balaban J connectivity index is 1.46. The third-order valence-corrected chi connectivity index (χ3v) is 6.20. The normalized spacial score (nSPS) is 15.2. The summed E-state index contributed by atoms with van der Waals surface area (Å²) in [6.45, 7) is 1.93. The van der Waals surface area contributed by atoms with Crippen LogP contribution in [0, 0.1) is 6.92 Å². The molecule has 4 aromatic rings. The average molecular weight is 440 g/mol. The molecule has 1 unspecified atom stereocenters. The molecule has 3 heterocycles. The number of aliphatic hydroxyl groups excluding tert-OH is 1. The fraction of sp³-hybridized carbons (Fsp3) is 0.231. The number of nitrogens with zero attached hydrogens (tertiary/aromatic N) is 3. The van der Waals surface area contributed by atoms with Crippen LogP contribution in [0.15, 0.2) is 55.0 Å². The van der Waals surface area contributed by atoms with Crippen LogP contribution in [0.1, 0.15) is 46.1 Å². The van der Waals surface area contributed by atoms with Gasteiger partial charge in [0.05, 0.1) is 23.5 Å². The van der Waals surface area contributed by atoms with E-state index in [1.54, 1.807) is 12.4 Å². The smallest absolute Gasteiger partial charge is 0.255 e. The number of benzene rings is 1. The van der Waals surface area contributed by atoms with E-state index in [2.05, 4.69) is 25.6 Å². The highest BCUT2D eigenvalue weighted by Gasteiger charge is 2.23. The molecule has 166 valence electrons. The van der Waals surface area contributed by atoms with Crippen LogP contribution in [0.3, 0.4) is 0 Å². The molecule has 0 aliphatic heterocycles. The Morgan fingerprint density at radius 3 is 2.82 bits per heavy atom. The van der Waals surface area contributed by atoms with E-state index >= 15 is 0 Å². The minimum absolute atomic E-state index is 0.196. The van der Waals surface area contributed by atoms with Crippen LogP contribution < -0.4 is 10.6 Å². The molecule has 5 rings (SSSR count). The largest absolute Gasteiger partial charge is 0.388 e. The van der Waals surface area contributed by atoms with Crippen molar-refractivity contribution in [3.63, 3.8) is 0 Å². The first-order valence-corrected chi connectivity index (χ1v) is 11.1. The standard InChI is InChI=1S/C26H25N5O2/c1-15-22(16-9-17-13-30-25(27-2)11-23(17)29-12-16)10-18(14-28-15)31-26(33)21-7-3-6-20-19(21)5-4-8-24(20)32/h3,6-7,9-14,24,32H,4-5,8H2,1-2H3,(H,27,30)(H,31,33). The number of fused-ring (bicyclic) bond motifs is 2. The molecular weight excluding hydrogens is 414 g/mol. The van der Waals surface area contributed by atoms with Gasteiger partial charge < -0.3 is 15.7 Å². The molecule has 1 aromatic carbocycles. The van der Waals surface area contributed by atoms with Gasteiger partial charge in [0.15, 0.2) is 0 Å². The Kier molecular flexibility index (Phi) is 5.48. The Morgan fingerprint density at radius 2 is 1.97 bits per heavy atom. The fourth-order valence-corrected chi connectivity index (χ4v) is 4.43. The van der Waals surface area contributed by atoms with Gasteiger partial charge in [0.25, 0.3) is 5.91 Å². The third kappa shape index (κ3) is 4.03. The summed E-state index contributed by atoms with van der Waals surface area (Å²) in [5, 5.41) is 17.2. The van der Waals surface area contributed by atoms with Gasteiger partial charge in [0, 0.05) is 53.3 Å². The van der Waals surface area contributed by atoms with Crippen molar-refractivity contribution in [1.82, 2.24) is 15.0 Å². The van der Waals surface area contributed by atoms with Crippen molar-refractivity contribution < 1.29 is 9.90 Å². The summed E-state index contributed by atoms with van der Waals surface area (Å²) in [7, 11) is 1.82. The molecule has 0 bridgehead atoms. The highest BCUT2D eigenvalue weighted by atomic mass is 16.3. The molecule has 7 nitrogen and oxygen atoms in total. The quantitative estimate of drug-likeness (QED) is 0.428. The Bertz CT molecular complexity index is 1370. The Morgan fingerprint density at radius 1 is 1.09 bits per heavy atom. The molecule has 1 aliphatic rings. The average Bonchev–Trinajstić information content (AvgIpc) is 2.84. The third-order valence-electron chi connectivity index (χ3n) is 6.20. The Hall–Kier alpha value is -3.84. The minimum atomic E-state index is -0.506. The van der Waals surface area contributed by atoms with E-state index in [1.165, 1.54) is 0 Å². The zero-order valence-corrected chi connectivity index (χ0v) is 18.6. The zero-order chi connectivity index (χ0) is 22.9. The maximum Gasteiger partial charge on any atom is 0.255 e. The molecule has 0 saturated carbocycles. The van der Waals surface area contributed by atoms with Gasteiger partial charge in [-0.1, -0.05) is 12.1 Å². The molecule has 0 saturated heterocycles. The SMILES string of the molecule is CNc1cc2ncc(-c3cc(NC(=O)c4cccc5c4CCCC5O)cnc3C)cc2cn1. The van der Waals surface area contributed by atoms with Crippen molar-refractivity contribution in [2.45, 2.75) is 32.3 Å². The number of pyridine rings is 3. The van der Waals surface area contributed by atoms with Gasteiger partial charge in [0.1, 0.15) is 5.82 Å². The van der Waals surface area contributed by atoms with Gasteiger partial charge in [-0.05, 0) is 55.5 Å². The van der Waals surface area contributed by atoms with Crippen LogP contribution >= 0.6 is 0 Å². The first-order chi connectivity index (χ1) is 16.0. The molecular formula is C26H25N5O2. The van der Waals surface area contributed by atoms with Crippen LogP contribution in [0.4, 0.5) is 11.5 Å². The maximum atomic E-state index is 13.1. The Labute approximate surface area is 191 Å². The molecule has 7 heteroatoms. The molecule has 0 spiro atoms. The number of aliphatic hydroxyl groups is 1. The number of anilines is 2. The number of amides is 1. The molecule has 1 amide bonds. The highest BCUT2D eigenvalue weighted by Crippen LogP contribution is 2.32. The lowest BCUT2D eigenvalue weighted by Gasteiger charge is -2.23. The van der Waals surface area contributed by atoms with E-state index < -0.39 is 6.10 Å². The van der Waals surface area contributed by atoms with Crippen molar-refractivity contribution in [2.75, 3.05) is 17.7 Å². The highest BCUT2D eigenvalue weighted by molar-refractivity contribution is 6.05. The van der Waals surface area contributed by atoms with E-state index in [0.29, 0.717) is 11.3 Å². The topological polar surface area (TPSA) is 100 Å². The second-order valence-electron chi connectivity index (χ2n) is 8.33. The predicted molar refractivity (Wildman–Crippen MR) is 129 cm³/mol. The number of hydrogen-bond donors (Lipinski definition) is 3. The van der Waals surface area contributed by atoms with Crippen molar-refractivity contribution in [1.29, 1.82) is 0 Å². The molecule has 3 aromatic heterocycles. The fourth-order valence-electron chi connectivity index (χ4n) is 4.43. The summed E-state index contributed by atoms with van der Waals surface area (Å²) in [6.07, 6.45) is 7.15. The van der Waals surface area contributed by atoms with Crippen LogP contribution in [-0.2, 0) is 6.42 Å². The number of rotatable bonds is 4. The summed E-state index contributed by atoms with van der Waals surface area (Å²) in [6, 6.07) is 11.4. The zero-order valence-electron chi connectivity index (χ0n) is 18.6. The van der Waals surface area contributed by atoms with Crippen molar-refractivity contribution in [2.24, 2.45) is 0 Å². The number of aryl methyl sites for hydroxylation is 1. The van der Waals surface area contributed by atoms with Gasteiger partial charge >= 0.3 is 0 Å². The molecule has 1 atom stereocenters. The van der Waals surface area contributed by atoms with Crippen molar-refractivity contribution >= 4 is 28.3 Å². The van der Waals surface area contributed by atoms with Gasteiger partial charge in [0.2, 0.25) is 0 Å². The summed E-state index contributed by atoms with van der Waals surface area (Å²) < 4.78 is 0. The molecule has 0 fully saturated rings. The van der Waals surface area contributed by atoms with Gasteiger partial charge in [-0.2, -0.15) is 0 Å². The number of hydrogen-bond acceptors (Lipinski definition) is 6. The molecule has 3 N–H and O–H groups in total. The van der Waals surface area contributed by atoms with Gasteiger partial charge in [-0.3, -0.25) is 14.8 Å². The van der Waals surface area contributed by atoms with E-state index in [1.807, 2.05) is 56.6 Å². The van der Waals surface area contributed by atoms with Crippen LogP contribution in [0.25, 0.3) is 22.0 Å². The second kappa shape index (κ2) is 8.60. The number of carbonyl (C=O) groups is 1. The molecule has 0 radical (unpaired) electrons. The van der Waals surface area contributed by atoms with E-state index in [9.17, 15) is 9.90 Å². The molecule has 1 aliphatic carbocycles.